The second-order valence-electron chi connectivity index (χ2n) is 7.22. The summed E-state index contributed by atoms with van der Waals surface area (Å²) in [4.78, 5) is 16.6. The number of carbonyl (C=O) groups excluding carboxylic acids is 1. The van der Waals surface area contributed by atoms with Crippen LogP contribution in [0.25, 0.3) is 10.9 Å². The van der Waals surface area contributed by atoms with E-state index in [1.54, 1.807) is 0 Å². The first-order chi connectivity index (χ1) is 12.7. The number of amides is 1. The maximum Gasteiger partial charge on any atom is 0.249 e. The SMILES string of the molecule is O=C(NC1CCC(Nc2ccnc3cc(Cl)ccc23)CC1)C1CCCO1. The van der Waals surface area contributed by atoms with Crippen molar-refractivity contribution in [3.63, 3.8) is 0 Å². The number of halogens is 1. The smallest absolute Gasteiger partial charge is 0.249 e. The van der Waals surface area contributed by atoms with Crippen LogP contribution in [-0.2, 0) is 9.53 Å². The molecule has 1 amide bonds. The highest BCUT2D eigenvalue weighted by Gasteiger charge is 2.28. The first-order valence-electron chi connectivity index (χ1n) is 9.42. The second-order valence-corrected chi connectivity index (χ2v) is 7.66. The third-order valence-electron chi connectivity index (χ3n) is 5.36. The summed E-state index contributed by atoms with van der Waals surface area (Å²) in [7, 11) is 0. The summed E-state index contributed by atoms with van der Waals surface area (Å²) >= 11 is 6.06. The van der Waals surface area contributed by atoms with Crippen LogP contribution in [0.2, 0.25) is 5.02 Å². The summed E-state index contributed by atoms with van der Waals surface area (Å²) in [5, 5.41) is 8.60. The van der Waals surface area contributed by atoms with Crippen molar-refractivity contribution >= 4 is 34.1 Å². The highest BCUT2D eigenvalue weighted by molar-refractivity contribution is 6.31. The van der Waals surface area contributed by atoms with Crippen molar-refractivity contribution in [2.24, 2.45) is 0 Å². The summed E-state index contributed by atoms with van der Waals surface area (Å²) in [6.07, 6.45) is 7.47. The third-order valence-corrected chi connectivity index (χ3v) is 5.60. The fraction of sp³-hybridized carbons (Fsp3) is 0.500. The number of hydrogen-bond donors (Lipinski definition) is 2. The molecule has 138 valence electrons. The van der Waals surface area contributed by atoms with Crippen LogP contribution in [0.3, 0.4) is 0 Å². The molecule has 2 N–H and O–H groups in total. The standard InChI is InChI=1S/C20H24ClN3O2/c21-13-3-8-16-17(9-10-22-18(16)12-13)23-14-4-6-15(7-5-14)24-20(25)19-2-1-11-26-19/h3,8-10,12,14-15,19H,1-2,4-7,11H2,(H,22,23)(H,24,25). The van der Waals surface area contributed by atoms with Crippen LogP contribution in [0.1, 0.15) is 38.5 Å². The molecule has 1 aromatic heterocycles. The molecule has 2 aliphatic rings. The van der Waals surface area contributed by atoms with E-state index in [1.807, 2.05) is 30.5 Å². The van der Waals surface area contributed by atoms with Gasteiger partial charge in [-0.25, -0.2) is 0 Å². The Labute approximate surface area is 158 Å². The molecule has 1 aliphatic carbocycles. The van der Waals surface area contributed by atoms with Gasteiger partial charge in [-0.15, -0.1) is 0 Å². The number of ether oxygens (including phenoxy) is 1. The van der Waals surface area contributed by atoms with Gasteiger partial charge in [0.25, 0.3) is 0 Å². The zero-order valence-electron chi connectivity index (χ0n) is 14.7. The topological polar surface area (TPSA) is 63.2 Å². The lowest BCUT2D eigenvalue weighted by Crippen LogP contribution is -2.44. The molecule has 1 aliphatic heterocycles. The average Bonchev–Trinajstić information content (AvgIpc) is 3.18. The van der Waals surface area contributed by atoms with E-state index in [2.05, 4.69) is 15.6 Å². The number of nitrogens with one attached hydrogen (secondary N) is 2. The van der Waals surface area contributed by atoms with E-state index in [-0.39, 0.29) is 18.1 Å². The molecule has 1 aromatic carbocycles. The molecule has 0 spiro atoms. The lowest BCUT2D eigenvalue weighted by molar-refractivity contribution is -0.131. The van der Waals surface area contributed by atoms with Gasteiger partial charge < -0.3 is 15.4 Å². The fourth-order valence-corrected chi connectivity index (χ4v) is 4.09. The minimum Gasteiger partial charge on any atom is -0.382 e. The van der Waals surface area contributed by atoms with Gasteiger partial charge in [-0.05, 0) is 62.8 Å². The van der Waals surface area contributed by atoms with Gasteiger partial charge >= 0.3 is 0 Å². The Balaban J connectivity index is 1.33. The van der Waals surface area contributed by atoms with Gasteiger partial charge in [-0.2, -0.15) is 0 Å². The summed E-state index contributed by atoms with van der Waals surface area (Å²) < 4.78 is 5.47. The van der Waals surface area contributed by atoms with E-state index >= 15 is 0 Å². The van der Waals surface area contributed by atoms with Crippen molar-refractivity contribution in [3.05, 3.63) is 35.5 Å². The molecule has 2 heterocycles. The average molecular weight is 374 g/mol. The molecular formula is C20H24ClN3O2. The first kappa shape index (κ1) is 17.6. The van der Waals surface area contributed by atoms with E-state index in [9.17, 15) is 4.79 Å². The van der Waals surface area contributed by atoms with Crippen LogP contribution >= 0.6 is 11.6 Å². The highest BCUT2D eigenvalue weighted by Crippen LogP contribution is 2.28. The molecular weight excluding hydrogens is 350 g/mol. The highest BCUT2D eigenvalue weighted by atomic mass is 35.5. The first-order valence-corrected chi connectivity index (χ1v) is 9.79. The summed E-state index contributed by atoms with van der Waals surface area (Å²) in [5.74, 6) is 0.0657. The molecule has 1 unspecified atom stereocenters. The lowest BCUT2D eigenvalue weighted by Gasteiger charge is -2.31. The number of benzene rings is 1. The predicted molar refractivity (Wildman–Crippen MR) is 104 cm³/mol. The molecule has 0 radical (unpaired) electrons. The van der Waals surface area contributed by atoms with Crippen LogP contribution in [0.5, 0.6) is 0 Å². The van der Waals surface area contributed by atoms with E-state index < -0.39 is 0 Å². The van der Waals surface area contributed by atoms with Gasteiger partial charge in [0.15, 0.2) is 0 Å². The van der Waals surface area contributed by atoms with Gasteiger partial charge in [0.2, 0.25) is 5.91 Å². The van der Waals surface area contributed by atoms with E-state index in [4.69, 9.17) is 16.3 Å². The maximum atomic E-state index is 12.2. The summed E-state index contributed by atoms with van der Waals surface area (Å²) in [6.45, 7) is 0.708. The Morgan fingerprint density at radius 3 is 2.69 bits per heavy atom. The van der Waals surface area contributed by atoms with Crippen molar-refractivity contribution in [1.29, 1.82) is 0 Å². The van der Waals surface area contributed by atoms with Gasteiger partial charge in [0.1, 0.15) is 6.10 Å². The van der Waals surface area contributed by atoms with Crippen molar-refractivity contribution in [2.45, 2.75) is 56.7 Å². The number of anilines is 1. The van der Waals surface area contributed by atoms with Gasteiger partial charge in [0.05, 0.1) is 5.52 Å². The number of aromatic nitrogens is 1. The molecule has 1 atom stereocenters. The Morgan fingerprint density at radius 1 is 1.12 bits per heavy atom. The Hall–Kier alpha value is -1.85. The van der Waals surface area contributed by atoms with E-state index in [0.717, 1.165) is 55.1 Å². The number of rotatable bonds is 4. The van der Waals surface area contributed by atoms with Crippen LogP contribution in [0, 0.1) is 0 Å². The summed E-state index contributed by atoms with van der Waals surface area (Å²) in [6, 6.07) is 8.49. The minimum atomic E-state index is -0.235. The molecule has 5 nitrogen and oxygen atoms in total. The number of pyridine rings is 1. The van der Waals surface area contributed by atoms with Gasteiger partial charge in [-0.1, -0.05) is 11.6 Å². The molecule has 2 aromatic rings. The largest absolute Gasteiger partial charge is 0.382 e. The number of nitrogens with zero attached hydrogens (tertiary/aromatic N) is 1. The zero-order valence-corrected chi connectivity index (χ0v) is 15.5. The molecule has 1 saturated carbocycles. The fourth-order valence-electron chi connectivity index (χ4n) is 3.93. The minimum absolute atomic E-state index is 0.0657. The van der Waals surface area contributed by atoms with Crippen LogP contribution < -0.4 is 10.6 Å². The lowest BCUT2D eigenvalue weighted by atomic mass is 9.90. The van der Waals surface area contributed by atoms with Crippen LogP contribution in [0.4, 0.5) is 5.69 Å². The van der Waals surface area contributed by atoms with Crippen molar-refractivity contribution in [2.75, 3.05) is 11.9 Å². The van der Waals surface area contributed by atoms with Gasteiger partial charge in [0, 0.05) is 41.0 Å². The maximum absolute atomic E-state index is 12.2. The van der Waals surface area contributed by atoms with Crippen LogP contribution in [0.15, 0.2) is 30.5 Å². The predicted octanol–water partition coefficient (Wildman–Crippen LogP) is 3.91. The second kappa shape index (κ2) is 7.80. The Bertz CT molecular complexity index is 784. The quantitative estimate of drug-likeness (QED) is 0.853. The molecule has 6 heteroatoms. The van der Waals surface area contributed by atoms with E-state index in [0.29, 0.717) is 17.7 Å². The normalized spacial score (nSPS) is 26.0. The molecule has 1 saturated heterocycles. The Kier molecular flexibility index (Phi) is 5.27. The van der Waals surface area contributed by atoms with Crippen LogP contribution in [-0.4, -0.2) is 35.7 Å². The molecule has 26 heavy (non-hydrogen) atoms. The summed E-state index contributed by atoms with van der Waals surface area (Å²) in [5.41, 5.74) is 2.00. The number of carbonyl (C=O) groups is 1. The zero-order chi connectivity index (χ0) is 17.9. The monoisotopic (exact) mass is 373 g/mol. The van der Waals surface area contributed by atoms with E-state index in [1.165, 1.54) is 0 Å². The number of hydrogen-bond acceptors (Lipinski definition) is 4. The van der Waals surface area contributed by atoms with Crippen molar-refractivity contribution in [1.82, 2.24) is 10.3 Å². The van der Waals surface area contributed by atoms with Gasteiger partial charge in [-0.3, -0.25) is 9.78 Å². The number of fused-ring (bicyclic) bond motifs is 1. The van der Waals surface area contributed by atoms with Crippen molar-refractivity contribution in [3.8, 4) is 0 Å². The molecule has 2 fully saturated rings. The molecule has 0 bridgehead atoms. The van der Waals surface area contributed by atoms with Crippen molar-refractivity contribution < 1.29 is 9.53 Å². The molecule has 4 rings (SSSR count). The third kappa shape index (κ3) is 3.94. The Morgan fingerprint density at radius 2 is 1.92 bits per heavy atom.